The number of epoxide rings is 2. The van der Waals surface area contributed by atoms with Crippen molar-refractivity contribution in [2.45, 2.75) is 88.0 Å². The molecular formula is C18H26O3. The first-order valence-electron chi connectivity index (χ1n) is 8.97. The van der Waals surface area contributed by atoms with Gasteiger partial charge in [0, 0.05) is 0 Å². The Kier molecular flexibility index (Phi) is 1.74. The van der Waals surface area contributed by atoms with Crippen LogP contribution >= 0.6 is 0 Å². The van der Waals surface area contributed by atoms with Gasteiger partial charge >= 0.3 is 0 Å². The van der Waals surface area contributed by atoms with Crippen molar-refractivity contribution in [3.8, 4) is 0 Å². The summed E-state index contributed by atoms with van der Waals surface area (Å²) in [6.07, 6.45) is 5.78. The second kappa shape index (κ2) is 2.97. The number of ether oxygens (including phenoxy) is 3. The van der Waals surface area contributed by atoms with E-state index in [0.717, 1.165) is 11.8 Å². The predicted octanol–water partition coefficient (Wildman–Crippen LogP) is 2.92. The van der Waals surface area contributed by atoms with Crippen LogP contribution < -0.4 is 0 Å². The topological polar surface area (TPSA) is 34.3 Å². The number of rotatable bonds is 4. The van der Waals surface area contributed by atoms with Crippen LogP contribution in [0.1, 0.15) is 53.4 Å². The minimum Gasteiger partial charge on any atom is -0.363 e. The Balaban J connectivity index is 1.31. The van der Waals surface area contributed by atoms with E-state index in [1.807, 2.05) is 0 Å². The third kappa shape index (κ3) is 1.05. The maximum atomic E-state index is 7.02. The molecule has 116 valence electrons. The summed E-state index contributed by atoms with van der Waals surface area (Å²) in [7, 11) is 0. The maximum absolute atomic E-state index is 7.02. The third-order valence-corrected chi connectivity index (χ3v) is 8.05. The SMILES string of the molecule is CC1CC2(C3(OC4(C56CC(C)C5O6)CC4C)CC3C)OC12. The molecule has 0 aromatic rings. The Morgan fingerprint density at radius 2 is 1.10 bits per heavy atom. The Morgan fingerprint density at radius 3 is 1.29 bits per heavy atom. The van der Waals surface area contributed by atoms with Gasteiger partial charge in [0.1, 0.15) is 22.4 Å². The molecular weight excluding hydrogens is 264 g/mol. The molecule has 2 aliphatic heterocycles. The summed E-state index contributed by atoms with van der Waals surface area (Å²) in [4.78, 5) is 0. The van der Waals surface area contributed by atoms with Crippen LogP contribution in [0, 0.1) is 23.7 Å². The molecule has 0 N–H and O–H groups in total. The summed E-state index contributed by atoms with van der Waals surface area (Å²) in [5.74, 6) is 2.78. The first kappa shape index (κ1) is 12.3. The van der Waals surface area contributed by atoms with Crippen LogP contribution in [0.5, 0.6) is 0 Å². The molecule has 6 fully saturated rings. The average Bonchev–Trinajstić information content (AvgIpc) is 3.31. The molecule has 6 rings (SSSR count). The van der Waals surface area contributed by atoms with Crippen LogP contribution in [0.2, 0.25) is 0 Å². The standard InChI is InChI=1S/C18H26O3/c1-9-5-17(13(9)19-17)15(7-11(15)3)21-16(8-12(16)4)18-6-10(2)14(18)20-18/h9-14H,5-8H2,1-4H3. The average molecular weight is 290 g/mol. The smallest absolute Gasteiger partial charge is 0.124 e. The minimum atomic E-state index is 0.0268. The Bertz CT molecular complexity index is 515. The number of hydrogen-bond donors (Lipinski definition) is 0. The van der Waals surface area contributed by atoms with E-state index in [2.05, 4.69) is 27.7 Å². The predicted molar refractivity (Wildman–Crippen MR) is 76.9 cm³/mol. The van der Waals surface area contributed by atoms with Gasteiger partial charge in [0.25, 0.3) is 0 Å². The quantitative estimate of drug-likeness (QED) is 0.747. The van der Waals surface area contributed by atoms with Crippen molar-refractivity contribution in [2.24, 2.45) is 23.7 Å². The van der Waals surface area contributed by atoms with Crippen LogP contribution in [0.3, 0.4) is 0 Å². The lowest BCUT2D eigenvalue weighted by molar-refractivity contribution is -0.145. The zero-order valence-corrected chi connectivity index (χ0v) is 13.5. The molecule has 2 heterocycles. The fourth-order valence-electron chi connectivity index (χ4n) is 6.50. The highest BCUT2D eigenvalue weighted by molar-refractivity contribution is 5.38. The zero-order chi connectivity index (χ0) is 14.4. The van der Waals surface area contributed by atoms with Crippen LogP contribution in [0.25, 0.3) is 0 Å². The van der Waals surface area contributed by atoms with Crippen LogP contribution in [0.4, 0.5) is 0 Å². The van der Waals surface area contributed by atoms with Crippen molar-refractivity contribution in [3.05, 3.63) is 0 Å². The van der Waals surface area contributed by atoms with Crippen molar-refractivity contribution < 1.29 is 14.2 Å². The molecule has 6 aliphatic rings. The number of fused-ring (bicyclic) bond motifs is 2. The highest BCUT2D eigenvalue weighted by Gasteiger charge is 2.90. The van der Waals surface area contributed by atoms with E-state index in [1.165, 1.54) is 25.7 Å². The zero-order valence-electron chi connectivity index (χ0n) is 13.5. The third-order valence-electron chi connectivity index (χ3n) is 8.05. The highest BCUT2D eigenvalue weighted by Crippen LogP contribution is 2.79. The lowest BCUT2D eigenvalue weighted by Gasteiger charge is -2.42. The molecule has 10 atom stereocenters. The lowest BCUT2D eigenvalue weighted by Crippen LogP contribution is -2.55. The van der Waals surface area contributed by atoms with Crippen molar-refractivity contribution >= 4 is 0 Å². The van der Waals surface area contributed by atoms with Crippen LogP contribution in [0.15, 0.2) is 0 Å². The minimum absolute atomic E-state index is 0.0268. The van der Waals surface area contributed by atoms with Crippen molar-refractivity contribution in [1.29, 1.82) is 0 Å². The van der Waals surface area contributed by atoms with E-state index >= 15 is 0 Å². The van der Waals surface area contributed by atoms with Gasteiger partial charge in [0.15, 0.2) is 0 Å². The molecule has 10 unspecified atom stereocenters. The van der Waals surface area contributed by atoms with Gasteiger partial charge in [-0.15, -0.1) is 0 Å². The fourth-order valence-corrected chi connectivity index (χ4v) is 6.50. The van der Waals surface area contributed by atoms with Crippen molar-refractivity contribution in [1.82, 2.24) is 0 Å². The molecule has 0 radical (unpaired) electrons. The maximum Gasteiger partial charge on any atom is 0.124 e. The molecule has 3 nitrogen and oxygen atoms in total. The van der Waals surface area contributed by atoms with Gasteiger partial charge in [-0.3, -0.25) is 0 Å². The van der Waals surface area contributed by atoms with Gasteiger partial charge < -0.3 is 14.2 Å². The molecule has 4 saturated carbocycles. The second-order valence-corrected chi connectivity index (χ2v) is 9.31. The van der Waals surface area contributed by atoms with E-state index in [-0.39, 0.29) is 22.4 Å². The molecule has 4 aliphatic carbocycles. The summed E-state index contributed by atoms with van der Waals surface area (Å²) in [5.41, 5.74) is 0.243. The van der Waals surface area contributed by atoms with E-state index in [1.54, 1.807) is 0 Å². The Hall–Kier alpha value is -0.120. The first-order chi connectivity index (χ1) is 9.91. The fraction of sp³-hybridized carbons (Fsp3) is 1.00. The summed E-state index contributed by atoms with van der Waals surface area (Å²) >= 11 is 0. The second-order valence-electron chi connectivity index (χ2n) is 9.31. The van der Waals surface area contributed by atoms with Crippen LogP contribution in [-0.2, 0) is 14.2 Å². The van der Waals surface area contributed by atoms with E-state index in [4.69, 9.17) is 14.2 Å². The largest absolute Gasteiger partial charge is 0.363 e. The van der Waals surface area contributed by atoms with Crippen molar-refractivity contribution in [3.63, 3.8) is 0 Å². The molecule has 0 bridgehead atoms. The van der Waals surface area contributed by atoms with Gasteiger partial charge in [0.2, 0.25) is 0 Å². The van der Waals surface area contributed by atoms with Gasteiger partial charge in [-0.2, -0.15) is 0 Å². The lowest BCUT2D eigenvalue weighted by atomic mass is 9.69. The summed E-state index contributed by atoms with van der Waals surface area (Å²) in [6.45, 7) is 9.34. The van der Waals surface area contributed by atoms with Gasteiger partial charge in [0.05, 0.1) is 12.2 Å². The molecule has 0 aromatic carbocycles. The Labute approximate surface area is 126 Å². The van der Waals surface area contributed by atoms with Crippen LogP contribution in [-0.4, -0.2) is 34.6 Å². The van der Waals surface area contributed by atoms with Gasteiger partial charge in [-0.05, 0) is 49.4 Å². The normalized spacial score (nSPS) is 75.4. The van der Waals surface area contributed by atoms with E-state index < -0.39 is 0 Å². The number of hydrogen-bond acceptors (Lipinski definition) is 3. The van der Waals surface area contributed by atoms with Crippen molar-refractivity contribution in [2.75, 3.05) is 0 Å². The van der Waals surface area contributed by atoms with Gasteiger partial charge in [-0.25, -0.2) is 0 Å². The summed E-state index contributed by atoms with van der Waals surface area (Å²) in [5, 5.41) is 0. The molecule has 3 heteroatoms. The first-order valence-corrected chi connectivity index (χ1v) is 8.97. The van der Waals surface area contributed by atoms with E-state index in [0.29, 0.717) is 24.0 Å². The monoisotopic (exact) mass is 290 g/mol. The van der Waals surface area contributed by atoms with Gasteiger partial charge in [-0.1, -0.05) is 27.7 Å². The molecule has 0 spiro atoms. The molecule has 21 heavy (non-hydrogen) atoms. The molecule has 0 aromatic heterocycles. The highest BCUT2D eigenvalue weighted by atomic mass is 16.7. The van der Waals surface area contributed by atoms with E-state index in [9.17, 15) is 0 Å². The summed E-state index contributed by atoms with van der Waals surface area (Å²) < 4.78 is 19.4. The summed E-state index contributed by atoms with van der Waals surface area (Å²) in [6, 6.07) is 0. The molecule has 0 amide bonds. The Morgan fingerprint density at radius 1 is 0.714 bits per heavy atom. The molecule has 2 saturated heterocycles.